The maximum Gasteiger partial charge on any atom is 0.211 e. The van der Waals surface area contributed by atoms with Gasteiger partial charge >= 0.3 is 0 Å². The summed E-state index contributed by atoms with van der Waals surface area (Å²) in [5.74, 6) is -1.88. The first-order valence-corrected chi connectivity index (χ1v) is 15.4. The molecule has 3 N–H and O–H groups in total. The molecule has 0 spiro atoms. The molecule has 6 nitrogen and oxygen atoms in total. The summed E-state index contributed by atoms with van der Waals surface area (Å²) in [5, 5.41) is 3.76. The Hall–Kier alpha value is -2.69. The van der Waals surface area contributed by atoms with E-state index in [1.165, 1.54) is 28.8 Å². The molecule has 1 fully saturated rings. The predicted octanol–water partition coefficient (Wildman–Crippen LogP) is 4.44. The van der Waals surface area contributed by atoms with Crippen LogP contribution in [0.4, 0.5) is 8.78 Å². The largest absolute Gasteiger partial charge is 0.321 e. The van der Waals surface area contributed by atoms with Gasteiger partial charge in [-0.15, -0.1) is 0 Å². The molecule has 4 rings (SSSR count). The van der Waals surface area contributed by atoms with E-state index in [1.807, 2.05) is 6.92 Å². The highest BCUT2D eigenvalue weighted by molar-refractivity contribution is 7.88. The number of carbonyl (C=O) groups excluding carboxylic acids is 1. The molecule has 1 heterocycles. The first-order chi connectivity index (χ1) is 19.0. The van der Waals surface area contributed by atoms with Crippen molar-refractivity contribution in [1.82, 2.24) is 9.62 Å². The molecule has 3 aromatic carbocycles. The Bertz CT molecular complexity index is 1450. The Morgan fingerprint density at radius 3 is 2.45 bits per heavy atom. The lowest BCUT2D eigenvalue weighted by atomic mass is 9.82. The van der Waals surface area contributed by atoms with E-state index < -0.39 is 33.6 Å². The molecule has 1 aliphatic heterocycles. The van der Waals surface area contributed by atoms with Gasteiger partial charge < -0.3 is 11.1 Å². The molecular formula is C30H34ClF2N3O3S. The number of sulfonamides is 1. The van der Waals surface area contributed by atoms with Crippen LogP contribution in [0.1, 0.15) is 41.5 Å². The molecule has 0 unspecified atom stereocenters. The van der Waals surface area contributed by atoms with Crippen LogP contribution in [0, 0.1) is 11.6 Å². The number of hydrogen-bond acceptors (Lipinski definition) is 5. The van der Waals surface area contributed by atoms with Gasteiger partial charge in [0, 0.05) is 42.5 Å². The lowest BCUT2D eigenvalue weighted by molar-refractivity contribution is -0.119. The number of benzene rings is 3. The van der Waals surface area contributed by atoms with Crippen molar-refractivity contribution in [3.05, 3.63) is 106 Å². The Labute approximate surface area is 239 Å². The summed E-state index contributed by atoms with van der Waals surface area (Å²) in [6.45, 7) is 2.84. The number of halogens is 3. The van der Waals surface area contributed by atoms with E-state index >= 15 is 4.39 Å². The normalized spacial score (nSPS) is 19.8. The van der Waals surface area contributed by atoms with Crippen molar-refractivity contribution >= 4 is 27.4 Å². The van der Waals surface area contributed by atoms with Gasteiger partial charge in [0.25, 0.3) is 0 Å². The summed E-state index contributed by atoms with van der Waals surface area (Å²) < 4.78 is 55.6. The molecule has 1 aliphatic rings. The summed E-state index contributed by atoms with van der Waals surface area (Å²) in [6, 6.07) is 15.8. The van der Waals surface area contributed by atoms with Crippen molar-refractivity contribution < 1.29 is 22.0 Å². The van der Waals surface area contributed by atoms with Crippen LogP contribution in [0.25, 0.3) is 0 Å². The van der Waals surface area contributed by atoms with Crippen molar-refractivity contribution in [2.45, 2.75) is 50.2 Å². The SMILES string of the molecule is C[C@H]1CNC[C@H](CCc2c(F)cccc2CC(=O)[C@@H](N)[C@@H](c2ccc(Cl)cc2)c2cccc(F)c2)N1S(C)(=O)=O. The van der Waals surface area contributed by atoms with Crippen LogP contribution in [0.15, 0.2) is 66.7 Å². The van der Waals surface area contributed by atoms with Gasteiger partial charge in [-0.25, -0.2) is 17.2 Å². The lowest BCUT2D eigenvalue weighted by Crippen LogP contribution is -2.58. The second kappa shape index (κ2) is 12.9. The summed E-state index contributed by atoms with van der Waals surface area (Å²) in [5.41, 5.74) is 8.65. The quantitative estimate of drug-likeness (QED) is 0.365. The lowest BCUT2D eigenvalue weighted by Gasteiger charge is -2.39. The highest BCUT2D eigenvalue weighted by Gasteiger charge is 2.34. The molecule has 0 bridgehead atoms. The second-order valence-electron chi connectivity index (χ2n) is 10.4. The highest BCUT2D eigenvalue weighted by atomic mass is 35.5. The van der Waals surface area contributed by atoms with Gasteiger partial charge in [0.05, 0.1) is 12.3 Å². The molecule has 0 amide bonds. The maximum atomic E-state index is 15.1. The molecule has 0 radical (unpaired) electrons. The molecule has 0 aliphatic carbocycles. The Morgan fingerprint density at radius 1 is 1.07 bits per heavy atom. The number of nitrogens with zero attached hydrogens (tertiary/aromatic N) is 1. The van der Waals surface area contributed by atoms with Gasteiger partial charge in [-0.3, -0.25) is 4.79 Å². The fraction of sp³-hybridized carbons (Fsp3) is 0.367. The number of ketones is 1. The van der Waals surface area contributed by atoms with Crippen LogP contribution in [0.3, 0.4) is 0 Å². The average molecular weight is 590 g/mol. The third-order valence-electron chi connectivity index (χ3n) is 7.47. The van der Waals surface area contributed by atoms with Crippen molar-refractivity contribution in [2.75, 3.05) is 19.3 Å². The van der Waals surface area contributed by atoms with Crippen LogP contribution in [0.2, 0.25) is 5.02 Å². The highest BCUT2D eigenvalue weighted by Crippen LogP contribution is 2.30. The fourth-order valence-corrected chi connectivity index (χ4v) is 7.23. The van der Waals surface area contributed by atoms with Gasteiger partial charge in [0.15, 0.2) is 5.78 Å². The van der Waals surface area contributed by atoms with Crippen LogP contribution < -0.4 is 11.1 Å². The Kier molecular flexibility index (Phi) is 9.74. The topological polar surface area (TPSA) is 92.5 Å². The monoisotopic (exact) mass is 589 g/mol. The third kappa shape index (κ3) is 7.14. The van der Waals surface area contributed by atoms with Gasteiger partial charge in [0.2, 0.25) is 10.0 Å². The molecule has 40 heavy (non-hydrogen) atoms. The number of hydrogen-bond donors (Lipinski definition) is 2. The number of nitrogens with one attached hydrogen (secondary N) is 1. The van der Waals surface area contributed by atoms with Crippen molar-refractivity contribution in [3.63, 3.8) is 0 Å². The smallest absolute Gasteiger partial charge is 0.211 e. The van der Waals surface area contributed by atoms with E-state index in [2.05, 4.69) is 5.32 Å². The third-order valence-corrected chi connectivity index (χ3v) is 9.15. The summed E-state index contributed by atoms with van der Waals surface area (Å²) in [7, 11) is -3.45. The number of rotatable bonds is 10. The second-order valence-corrected chi connectivity index (χ2v) is 12.7. The minimum absolute atomic E-state index is 0.122. The van der Waals surface area contributed by atoms with Crippen molar-refractivity contribution in [2.24, 2.45) is 5.73 Å². The summed E-state index contributed by atoms with van der Waals surface area (Å²) in [6.07, 6.45) is 1.70. The zero-order valence-electron chi connectivity index (χ0n) is 22.5. The number of piperazine rings is 1. The molecule has 1 saturated heterocycles. The average Bonchev–Trinajstić information content (AvgIpc) is 2.89. The van der Waals surface area contributed by atoms with Gasteiger partial charge in [0.1, 0.15) is 11.6 Å². The summed E-state index contributed by atoms with van der Waals surface area (Å²) >= 11 is 6.06. The van der Waals surface area contributed by atoms with Crippen LogP contribution in [0.5, 0.6) is 0 Å². The van der Waals surface area contributed by atoms with Crippen LogP contribution >= 0.6 is 11.6 Å². The molecule has 10 heteroatoms. The molecule has 0 saturated carbocycles. The molecule has 214 valence electrons. The van der Waals surface area contributed by atoms with Crippen molar-refractivity contribution in [3.8, 4) is 0 Å². The predicted molar refractivity (Wildman–Crippen MR) is 154 cm³/mol. The van der Waals surface area contributed by atoms with Gasteiger partial charge in [-0.1, -0.05) is 48.0 Å². The zero-order valence-corrected chi connectivity index (χ0v) is 24.1. The molecule has 3 aromatic rings. The maximum absolute atomic E-state index is 15.1. The van der Waals surface area contributed by atoms with E-state index in [-0.39, 0.29) is 30.7 Å². The summed E-state index contributed by atoms with van der Waals surface area (Å²) in [4.78, 5) is 13.6. The van der Waals surface area contributed by atoms with Crippen LogP contribution in [-0.2, 0) is 27.7 Å². The van der Waals surface area contributed by atoms with Gasteiger partial charge in [-0.2, -0.15) is 4.31 Å². The minimum atomic E-state index is -3.45. The van der Waals surface area contributed by atoms with E-state index in [1.54, 1.807) is 48.5 Å². The van der Waals surface area contributed by atoms with Crippen molar-refractivity contribution in [1.29, 1.82) is 0 Å². The Balaban J connectivity index is 1.58. The van der Waals surface area contributed by atoms with E-state index in [4.69, 9.17) is 17.3 Å². The fourth-order valence-electron chi connectivity index (χ4n) is 5.65. The number of nitrogens with two attached hydrogens (primary N) is 1. The first kappa shape index (κ1) is 30.3. The minimum Gasteiger partial charge on any atom is -0.321 e. The zero-order chi connectivity index (χ0) is 29.0. The van der Waals surface area contributed by atoms with E-state index in [9.17, 15) is 17.6 Å². The van der Waals surface area contributed by atoms with E-state index in [0.717, 1.165) is 0 Å². The van der Waals surface area contributed by atoms with E-state index in [0.29, 0.717) is 46.8 Å². The standard InChI is InChI=1S/C30H34ClF2N3O3S/c1-19-17-35-18-25(36(19)40(2,38)39)13-14-26-21(5-4-8-27(26)33)16-28(37)30(34)29(20-9-11-23(31)12-10-20)22-6-3-7-24(32)15-22/h3-12,15,19,25,29-30,35H,13-14,16-18,34H2,1-2H3/t19-,25-,29-,30+/m0/s1. The first-order valence-electron chi connectivity index (χ1n) is 13.2. The molecule has 0 aromatic heterocycles. The van der Waals surface area contributed by atoms with Gasteiger partial charge in [-0.05, 0) is 72.4 Å². The van der Waals surface area contributed by atoms with Crippen LogP contribution in [-0.4, -0.2) is 56.0 Å². The number of Topliss-reactive ketones (excluding diaryl/α,β-unsaturated/α-hetero) is 1. The molecular weight excluding hydrogens is 556 g/mol. The number of carbonyl (C=O) groups is 1. The molecule has 4 atom stereocenters. The Morgan fingerprint density at radius 2 is 1.77 bits per heavy atom.